The summed E-state index contributed by atoms with van der Waals surface area (Å²) < 4.78 is 0.786. The summed E-state index contributed by atoms with van der Waals surface area (Å²) in [5, 5.41) is 3.43. The van der Waals surface area contributed by atoms with Crippen LogP contribution in [0.4, 0.5) is 11.4 Å². The van der Waals surface area contributed by atoms with Gasteiger partial charge in [-0.1, -0.05) is 11.6 Å². The molecule has 0 heterocycles. The molecule has 2 aromatic carbocycles. The number of carbonyl (C=O) groups excluding carboxylic acids is 1. The number of hydrogen-bond donors (Lipinski definition) is 2. The van der Waals surface area contributed by atoms with E-state index in [1.807, 2.05) is 26.0 Å². The van der Waals surface area contributed by atoms with E-state index in [2.05, 4.69) is 21.2 Å². The van der Waals surface area contributed by atoms with Crippen LogP contribution in [0.5, 0.6) is 0 Å². The number of rotatable bonds is 2. The molecule has 0 unspecified atom stereocenters. The first-order chi connectivity index (χ1) is 9.36. The Labute approximate surface area is 131 Å². The Bertz CT molecular complexity index is 666. The molecule has 0 fully saturated rings. The summed E-state index contributed by atoms with van der Waals surface area (Å²) in [7, 11) is 0. The molecule has 0 aliphatic rings. The maximum atomic E-state index is 12.2. The zero-order valence-electron chi connectivity index (χ0n) is 11.1. The third-order valence-corrected chi connectivity index (χ3v) is 3.92. The molecule has 0 bridgehead atoms. The Morgan fingerprint density at radius 2 is 1.90 bits per heavy atom. The van der Waals surface area contributed by atoms with Gasteiger partial charge in [0.25, 0.3) is 5.91 Å². The van der Waals surface area contributed by atoms with Crippen LogP contribution in [-0.2, 0) is 0 Å². The summed E-state index contributed by atoms with van der Waals surface area (Å²) in [4.78, 5) is 12.2. The zero-order valence-corrected chi connectivity index (χ0v) is 13.5. The van der Waals surface area contributed by atoms with E-state index in [9.17, 15) is 4.79 Å². The molecule has 3 N–H and O–H groups in total. The molecule has 3 nitrogen and oxygen atoms in total. The van der Waals surface area contributed by atoms with Crippen LogP contribution in [0.15, 0.2) is 34.8 Å². The lowest BCUT2D eigenvalue weighted by atomic mass is 10.1. The number of nitrogens with two attached hydrogens (primary N) is 1. The minimum absolute atomic E-state index is 0.221. The summed E-state index contributed by atoms with van der Waals surface area (Å²) in [6.07, 6.45) is 0. The number of anilines is 2. The van der Waals surface area contributed by atoms with Gasteiger partial charge in [0.05, 0.1) is 5.69 Å². The van der Waals surface area contributed by atoms with Crippen molar-refractivity contribution in [2.75, 3.05) is 11.1 Å². The van der Waals surface area contributed by atoms with Gasteiger partial charge in [0, 0.05) is 20.7 Å². The van der Waals surface area contributed by atoms with Crippen LogP contribution in [0.3, 0.4) is 0 Å². The van der Waals surface area contributed by atoms with Crippen molar-refractivity contribution in [3.8, 4) is 0 Å². The molecule has 0 saturated carbocycles. The van der Waals surface area contributed by atoms with E-state index in [1.54, 1.807) is 18.2 Å². The Hall–Kier alpha value is -1.52. The second kappa shape index (κ2) is 5.85. The first-order valence-corrected chi connectivity index (χ1v) is 7.18. The molecule has 0 aromatic heterocycles. The Morgan fingerprint density at radius 3 is 2.55 bits per heavy atom. The first kappa shape index (κ1) is 14.9. The Morgan fingerprint density at radius 1 is 1.20 bits per heavy atom. The minimum Gasteiger partial charge on any atom is -0.399 e. The molecule has 20 heavy (non-hydrogen) atoms. The van der Waals surface area contributed by atoms with Crippen LogP contribution in [0.1, 0.15) is 21.5 Å². The number of carbonyl (C=O) groups is 1. The number of hydrogen-bond acceptors (Lipinski definition) is 2. The van der Waals surface area contributed by atoms with Gasteiger partial charge in [-0.15, -0.1) is 0 Å². The van der Waals surface area contributed by atoms with E-state index in [0.29, 0.717) is 22.0 Å². The monoisotopic (exact) mass is 352 g/mol. The highest BCUT2D eigenvalue weighted by molar-refractivity contribution is 9.10. The van der Waals surface area contributed by atoms with Gasteiger partial charge in [-0.2, -0.15) is 0 Å². The van der Waals surface area contributed by atoms with Crippen LogP contribution in [0.25, 0.3) is 0 Å². The van der Waals surface area contributed by atoms with E-state index < -0.39 is 0 Å². The summed E-state index contributed by atoms with van der Waals surface area (Å²) in [5.74, 6) is -0.221. The molecule has 1 amide bonds. The number of benzene rings is 2. The zero-order chi connectivity index (χ0) is 14.9. The summed E-state index contributed by atoms with van der Waals surface area (Å²) in [6.45, 7) is 3.80. The number of aryl methyl sites for hydroxylation is 2. The number of nitrogen functional groups attached to an aromatic ring is 1. The summed E-state index contributed by atoms with van der Waals surface area (Å²) >= 11 is 9.49. The van der Waals surface area contributed by atoms with Crippen molar-refractivity contribution in [3.63, 3.8) is 0 Å². The molecular formula is C15H14BrClN2O. The second-order valence-corrected chi connectivity index (χ2v) is 5.93. The van der Waals surface area contributed by atoms with Crippen LogP contribution in [-0.4, -0.2) is 5.91 Å². The summed E-state index contributed by atoms with van der Waals surface area (Å²) in [5.41, 5.74) is 9.35. The fourth-order valence-electron chi connectivity index (χ4n) is 1.88. The number of halogens is 2. The predicted octanol–water partition coefficient (Wildman–Crippen LogP) is 4.55. The standard InChI is InChI=1S/C15H14BrClN2O/c1-8-3-10(6-11(18)4-8)15(20)19-14-7-13(17)9(2)5-12(14)16/h3-7H,18H2,1-2H3,(H,19,20). The van der Waals surface area contributed by atoms with E-state index in [-0.39, 0.29) is 5.91 Å². The largest absolute Gasteiger partial charge is 0.399 e. The lowest BCUT2D eigenvalue weighted by Gasteiger charge is -2.10. The predicted molar refractivity (Wildman–Crippen MR) is 87.4 cm³/mol. The maximum Gasteiger partial charge on any atom is 0.255 e. The lowest BCUT2D eigenvalue weighted by Crippen LogP contribution is -2.13. The van der Waals surface area contributed by atoms with E-state index in [4.69, 9.17) is 17.3 Å². The van der Waals surface area contributed by atoms with Gasteiger partial charge in [-0.25, -0.2) is 0 Å². The average Bonchev–Trinajstić information content (AvgIpc) is 2.34. The number of nitrogens with one attached hydrogen (secondary N) is 1. The molecule has 104 valence electrons. The van der Waals surface area contributed by atoms with Gasteiger partial charge in [0.15, 0.2) is 0 Å². The van der Waals surface area contributed by atoms with E-state index >= 15 is 0 Å². The maximum absolute atomic E-state index is 12.2. The lowest BCUT2D eigenvalue weighted by molar-refractivity contribution is 0.102. The van der Waals surface area contributed by atoms with Crippen molar-refractivity contribution in [2.45, 2.75) is 13.8 Å². The first-order valence-electron chi connectivity index (χ1n) is 6.01. The van der Waals surface area contributed by atoms with Crippen molar-refractivity contribution in [1.82, 2.24) is 0 Å². The highest BCUT2D eigenvalue weighted by Crippen LogP contribution is 2.29. The van der Waals surface area contributed by atoms with Crippen molar-refractivity contribution in [1.29, 1.82) is 0 Å². The number of amides is 1. The van der Waals surface area contributed by atoms with Crippen molar-refractivity contribution in [3.05, 3.63) is 56.5 Å². The highest BCUT2D eigenvalue weighted by Gasteiger charge is 2.11. The molecule has 2 aromatic rings. The third kappa shape index (κ3) is 3.32. The average molecular weight is 354 g/mol. The molecule has 0 aliphatic heterocycles. The fraction of sp³-hybridized carbons (Fsp3) is 0.133. The molecule has 0 aliphatic carbocycles. The molecule has 0 spiro atoms. The van der Waals surface area contributed by atoms with Crippen molar-refractivity contribution in [2.24, 2.45) is 0 Å². The SMILES string of the molecule is Cc1cc(N)cc(C(=O)Nc2cc(Cl)c(C)cc2Br)c1. The fourth-order valence-corrected chi connectivity index (χ4v) is 2.60. The Balaban J connectivity index is 2.30. The van der Waals surface area contributed by atoms with Gasteiger partial charge >= 0.3 is 0 Å². The molecule has 0 saturated heterocycles. The normalized spacial score (nSPS) is 10.4. The van der Waals surface area contributed by atoms with Gasteiger partial charge in [0.2, 0.25) is 0 Å². The van der Waals surface area contributed by atoms with E-state index in [0.717, 1.165) is 15.6 Å². The van der Waals surface area contributed by atoms with Gasteiger partial charge in [0.1, 0.15) is 0 Å². The van der Waals surface area contributed by atoms with E-state index in [1.165, 1.54) is 0 Å². The molecule has 0 radical (unpaired) electrons. The minimum atomic E-state index is -0.221. The van der Waals surface area contributed by atoms with Crippen molar-refractivity contribution >= 4 is 44.8 Å². The Kier molecular flexibility index (Phi) is 4.35. The van der Waals surface area contributed by atoms with Crippen LogP contribution in [0.2, 0.25) is 5.02 Å². The third-order valence-electron chi connectivity index (χ3n) is 2.86. The van der Waals surface area contributed by atoms with Gasteiger partial charge in [-0.3, -0.25) is 4.79 Å². The van der Waals surface area contributed by atoms with Crippen LogP contribution >= 0.6 is 27.5 Å². The topological polar surface area (TPSA) is 55.1 Å². The second-order valence-electron chi connectivity index (χ2n) is 4.67. The summed E-state index contributed by atoms with van der Waals surface area (Å²) in [6, 6.07) is 8.83. The molecule has 5 heteroatoms. The highest BCUT2D eigenvalue weighted by atomic mass is 79.9. The molecule has 0 atom stereocenters. The molecule has 2 rings (SSSR count). The quantitative estimate of drug-likeness (QED) is 0.778. The van der Waals surface area contributed by atoms with Gasteiger partial charge < -0.3 is 11.1 Å². The van der Waals surface area contributed by atoms with Crippen LogP contribution in [0, 0.1) is 13.8 Å². The van der Waals surface area contributed by atoms with Crippen LogP contribution < -0.4 is 11.1 Å². The van der Waals surface area contributed by atoms with Crippen molar-refractivity contribution < 1.29 is 4.79 Å². The van der Waals surface area contributed by atoms with Gasteiger partial charge in [-0.05, 0) is 71.2 Å². The molecular weight excluding hydrogens is 340 g/mol. The smallest absolute Gasteiger partial charge is 0.255 e.